The summed E-state index contributed by atoms with van der Waals surface area (Å²) in [6, 6.07) is 16.2. The van der Waals surface area contributed by atoms with Crippen molar-refractivity contribution >= 4 is 16.3 Å². The zero-order chi connectivity index (χ0) is 16.2. The fourth-order valence-electron chi connectivity index (χ4n) is 2.23. The minimum atomic E-state index is 0. The van der Waals surface area contributed by atoms with E-state index in [0.29, 0.717) is 0 Å². The van der Waals surface area contributed by atoms with E-state index in [2.05, 4.69) is 61.5 Å². The van der Waals surface area contributed by atoms with Crippen LogP contribution in [-0.4, -0.2) is 11.7 Å². The molecule has 1 nitrogen and oxygen atoms in total. The fraction of sp³-hybridized carbons (Fsp3) is 0.333. The van der Waals surface area contributed by atoms with Crippen LogP contribution in [0.1, 0.15) is 39.7 Å². The first-order chi connectivity index (χ1) is 10.4. The Morgan fingerprint density at radius 3 is 2.16 bits per heavy atom. The summed E-state index contributed by atoms with van der Waals surface area (Å²) in [7, 11) is 0. The van der Waals surface area contributed by atoms with Gasteiger partial charge in [-0.05, 0) is 18.8 Å². The third kappa shape index (κ3) is 8.11. The molecule has 133 valence electrons. The largest absolute Gasteiger partial charge is 3.00 e. The van der Waals surface area contributed by atoms with Crippen molar-refractivity contribution in [2.45, 2.75) is 34.1 Å². The van der Waals surface area contributed by atoms with Crippen molar-refractivity contribution < 1.29 is 51.6 Å². The van der Waals surface area contributed by atoms with Gasteiger partial charge in [0.1, 0.15) is 0 Å². The number of rotatable bonds is 1. The molecular weight excluding hydrogens is 387 g/mol. The van der Waals surface area contributed by atoms with Crippen LogP contribution in [0.3, 0.4) is 0 Å². The van der Waals surface area contributed by atoms with Crippen molar-refractivity contribution in [3.05, 3.63) is 65.8 Å². The summed E-state index contributed by atoms with van der Waals surface area (Å²) in [6.45, 7) is 8.42. The van der Waals surface area contributed by atoms with Crippen LogP contribution in [0.4, 0.5) is 0 Å². The average molecular weight is 412 g/mol. The van der Waals surface area contributed by atoms with Gasteiger partial charge in [0.05, 0.1) is 0 Å². The third-order valence-corrected chi connectivity index (χ3v) is 3.62. The molecule has 0 amide bonds. The molecule has 0 heterocycles. The number of benzene rings is 2. The topological polar surface area (TPSA) is 20.2 Å². The van der Waals surface area contributed by atoms with E-state index < -0.39 is 0 Å². The predicted octanol–water partition coefficient (Wildman–Crippen LogP) is -0.596. The molecule has 2 aromatic carbocycles. The summed E-state index contributed by atoms with van der Waals surface area (Å²) in [5.74, 6) is 0. The molecule has 1 aliphatic rings. The van der Waals surface area contributed by atoms with Crippen LogP contribution in [0.5, 0.6) is 0 Å². The van der Waals surface area contributed by atoms with Gasteiger partial charge in [-0.3, -0.25) is 0 Å². The molecule has 4 heteroatoms. The van der Waals surface area contributed by atoms with Crippen LogP contribution < -0.4 is 24.8 Å². The molecule has 0 atom stereocenters. The van der Waals surface area contributed by atoms with E-state index in [9.17, 15) is 0 Å². The van der Waals surface area contributed by atoms with Crippen LogP contribution >= 0.6 is 0 Å². The number of fused-ring (bicyclic) bond motifs is 1. The first kappa shape index (κ1) is 26.7. The summed E-state index contributed by atoms with van der Waals surface area (Å²) in [4.78, 5) is 0. The second-order valence-electron chi connectivity index (χ2n) is 6.95. The van der Waals surface area contributed by atoms with Gasteiger partial charge in [0.15, 0.2) is 0 Å². The Balaban J connectivity index is 0. The zero-order valence-electron chi connectivity index (χ0n) is 15.2. The Morgan fingerprint density at radius 2 is 1.64 bits per heavy atom. The Hall–Kier alpha value is -0.566. The molecule has 0 aliphatic heterocycles. The van der Waals surface area contributed by atoms with Gasteiger partial charge >= 0.3 is 21.7 Å². The van der Waals surface area contributed by atoms with Crippen molar-refractivity contribution in [1.29, 1.82) is 0 Å². The van der Waals surface area contributed by atoms with E-state index in [4.69, 9.17) is 5.11 Å². The van der Waals surface area contributed by atoms with Gasteiger partial charge in [0, 0.05) is 6.61 Å². The van der Waals surface area contributed by atoms with E-state index >= 15 is 0 Å². The molecule has 2 aromatic rings. The van der Waals surface area contributed by atoms with Crippen molar-refractivity contribution in [1.82, 2.24) is 0 Å². The minimum Gasteiger partial charge on any atom is -1.00 e. The van der Waals surface area contributed by atoms with Gasteiger partial charge < -0.3 is 29.9 Å². The van der Waals surface area contributed by atoms with Gasteiger partial charge in [0.25, 0.3) is 0 Å². The number of hydrogen-bond donors (Lipinski definition) is 1. The first-order valence-corrected chi connectivity index (χ1v) is 7.79. The Morgan fingerprint density at radius 1 is 1.04 bits per heavy atom. The van der Waals surface area contributed by atoms with E-state index in [-0.39, 0.29) is 58.6 Å². The maximum atomic E-state index is 8.40. The number of halogens is 2. The summed E-state index contributed by atoms with van der Waals surface area (Å²) < 4.78 is 0. The molecule has 3 rings (SSSR count). The van der Waals surface area contributed by atoms with Gasteiger partial charge in [-0.2, -0.15) is 0 Å². The average Bonchev–Trinajstić information content (AvgIpc) is 2.93. The Kier molecular flexibility index (Phi) is 12.7. The fourth-order valence-corrected chi connectivity index (χ4v) is 2.23. The van der Waals surface area contributed by atoms with Crippen LogP contribution in [0.25, 0.3) is 16.3 Å². The van der Waals surface area contributed by atoms with Crippen LogP contribution in [0, 0.1) is 11.5 Å². The van der Waals surface area contributed by atoms with E-state index in [1.807, 2.05) is 20.8 Å². The standard InChI is InChI=1S/C16H13.C5H12O.2ClH.Ti/c1-12-5-4-8-16(12)15-10-9-13-6-2-3-7-14(13)11-15;1-5(2,3)4-6;;;/h2-7,9-10H,8H2,1H3;6H,4H2,1-3H3;2*1H;/q-1;;;;+3/p-2. The van der Waals surface area contributed by atoms with Crippen molar-refractivity contribution in [3.63, 3.8) is 0 Å². The summed E-state index contributed by atoms with van der Waals surface area (Å²) in [6.07, 6.45) is 5.45. The van der Waals surface area contributed by atoms with Gasteiger partial charge in [-0.15, -0.1) is 35.2 Å². The molecule has 1 N–H and O–H groups in total. The molecule has 0 bridgehead atoms. The molecule has 0 saturated carbocycles. The molecule has 0 spiro atoms. The second-order valence-corrected chi connectivity index (χ2v) is 6.95. The first-order valence-electron chi connectivity index (χ1n) is 7.79. The molecule has 1 aliphatic carbocycles. The van der Waals surface area contributed by atoms with E-state index in [0.717, 1.165) is 6.42 Å². The molecule has 0 saturated heterocycles. The monoisotopic (exact) mass is 411 g/mol. The smallest absolute Gasteiger partial charge is 1.00 e. The SMILES string of the molecule is CC(C)(C)CO.CC1=C(c2[c-]c3ccccc3cc2)CC=C1.[Cl-].[Cl-].[Ti+3]. The van der Waals surface area contributed by atoms with Crippen LogP contribution in [-0.2, 0) is 21.7 Å². The molecule has 1 radical (unpaired) electrons. The normalized spacial score (nSPS) is 12.5. The summed E-state index contributed by atoms with van der Waals surface area (Å²) in [5.41, 5.74) is 4.11. The minimum absolute atomic E-state index is 0. The number of aliphatic hydroxyl groups excluding tert-OH is 1. The van der Waals surface area contributed by atoms with E-state index in [1.54, 1.807) is 0 Å². The van der Waals surface area contributed by atoms with Gasteiger partial charge in [0.2, 0.25) is 0 Å². The van der Waals surface area contributed by atoms with Crippen molar-refractivity contribution in [2.24, 2.45) is 5.41 Å². The molecule has 0 aromatic heterocycles. The van der Waals surface area contributed by atoms with E-state index in [1.165, 1.54) is 27.5 Å². The zero-order valence-corrected chi connectivity index (χ0v) is 18.3. The maximum absolute atomic E-state index is 8.40. The summed E-state index contributed by atoms with van der Waals surface area (Å²) in [5, 5.41) is 10.9. The van der Waals surface area contributed by atoms with Crippen LogP contribution in [0.2, 0.25) is 0 Å². The second kappa shape index (κ2) is 11.9. The van der Waals surface area contributed by atoms with Crippen molar-refractivity contribution in [2.75, 3.05) is 6.61 Å². The quantitative estimate of drug-likeness (QED) is 0.491. The van der Waals surface area contributed by atoms with Gasteiger partial charge in [-0.25, -0.2) is 0 Å². The Labute approximate surface area is 179 Å². The van der Waals surface area contributed by atoms with Crippen LogP contribution in [0.15, 0.2) is 54.1 Å². The third-order valence-electron chi connectivity index (χ3n) is 3.62. The summed E-state index contributed by atoms with van der Waals surface area (Å²) >= 11 is 0. The maximum Gasteiger partial charge on any atom is 3.00 e. The Bertz CT molecular complexity index is 715. The molecular formula is C21H25Cl2OTi. The predicted molar refractivity (Wildman–Crippen MR) is 95.7 cm³/mol. The molecule has 0 unspecified atom stereocenters. The van der Waals surface area contributed by atoms with Gasteiger partial charge in [-0.1, -0.05) is 67.7 Å². The number of hydrogen-bond acceptors (Lipinski definition) is 1. The molecule has 25 heavy (non-hydrogen) atoms. The molecule has 0 fully saturated rings. The van der Waals surface area contributed by atoms with Crippen molar-refractivity contribution in [3.8, 4) is 0 Å². The number of aliphatic hydroxyl groups is 1. The number of allylic oxidation sites excluding steroid dienone is 4.